The molecule has 1 aliphatic heterocycles. The maximum atomic E-state index is 13.7. The van der Waals surface area contributed by atoms with E-state index in [0.717, 1.165) is 5.56 Å². The zero-order valence-electron chi connectivity index (χ0n) is 24.6. The molecular formula is C30H41NO8Si. The van der Waals surface area contributed by atoms with Crippen molar-refractivity contribution in [3.8, 4) is 5.75 Å². The number of aldehydes is 1. The molecule has 1 aliphatic rings. The third-order valence-corrected chi connectivity index (χ3v) is 11.8. The fourth-order valence-corrected chi connectivity index (χ4v) is 5.42. The number of alkyl carbamates (subject to hydrolysis) is 1. The van der Waals surface area contributed by atoms with Gasteiger partial charge in [0.2, 0.25) is 0 Å². The molecule has 1 N–H and O–H groups in total. The van der Waals surface area contributed by atoms with Crippen LogP contribution in [0.2, 0.25) is 18.1 Å². The van der Waals surface area contributed by atoms with Crippen LogP contribution in [0.3, 0.4) is 0 Å². The van der Waals surface area contributed by atoms with E-state index in [9.17, 15) is 14.4 Å². The molecule has 3 rings (SSSR count). The number of carbonyl (C=O) groups excluding carboxylic acids is 3. The minimum atomic E-state index is -2.55. The molecule has 4 atom stereocenters. The lowest BCUT2D eigenvalue weighted by Gasteiger charge is -2.42. The van der Waals surface area contributed by atoms with Gasteiger partial charge in [-0.05, 0) is 61.8 Å². The van der Waals surface area contributed by atoms with Crippen molar-refractivity contribution in [2.75, 3.05) is 7.11 Å². The fourth-order valence-electron chi connectivity index (χ4n) is 4.11. The summed E-state index contributed by atoms with van der Waals surface area (Å²) < 4.78 is 29.6. The average molecular weight is 572 g/mol. The van der Waals surface area contributed by atoms with Gasteiger partial charge in [-0.25, -0.2) is 4.79 Å². The van der Waals surface area contributed by atoms with Crippen molar-refractivity contribution < 1.29 is 37.8 Å². The Kier molecular flexibility index (Phi) is 9.94. The number of hydrogen-bond donors (Lipinski definition) is 1. The third-order valence-electron chi connectivity index (χ3n) is 7.32. The number of methoxy groups -OCH3 is 1. The van der Waals surface area contributed by atoms with Crippen molar-refractivity contribution >= 4 is 26.5 Å². The highest BCUT2D eigenvalue weighted by Crippen LogP contribution is 2.41. The molecule has 1 saturated heterocycles. The number of hydrogen-bond acceptors (Lipinski definition) is 8. The zero-order valence-corrected chi connectivity index (χ0v) is 25.6. The molecule has 40 heavy (non-hydrogen) atoms. The molecule has 2 aromatic rings. The minimum absolute atomic E-state index is 0.0284. The molecule has 0 saturated carbocycles. The van der Waals surface area contributed by atoms with Crippen LogP contribution in [0.15, 0.2) is 54.6 Å². The molecule has 0 radical (unpaired) electrons. The number of rotatable bonds is 11. The highest BCUT2D eigenvalue weighted by atomic mass is 28.4. The van der Waals surface area contributed by atoms with E-state index in [0.29, 0.717) is 17.6 Å². The molecule has 0 spiro atoms. The van der Waals surface area contributed by atoms with E-state index in [4.69, 9.17) is 23.4 Å². The predicted octanol–water partition coefficient (Wildman–Crippen LogP) is 5.28. The number of Topliss-reactive ketones (excluding diaryl/α,β-unsaturated/α-hetero) is 1. The number of amides is 1. The minimum Gasteiger partial charge on any atom is -0.497 e. The highest BCUT2D eigenvalue weighted by Gasteiger charge is 2.53. The Hall–Kier alpha value is -3.05. The lowest BCUT2D eigenvalue weighted by molar-refractivity contribution is -0.155. The summed E-state index contributed by atoms with van der Waals surface area (Å²) in [4.78, 5) is 39.0. The summed E-state index contributed by atoms with van der Waals surface area (Å²) >= 11 is 0. The van der Waals surface area contributed by atoms with Crippen LogP contribution in [0.1, 0.15) is 50.5 Å². The SMILES string of the molecule is COc1ccc(C(=O)[C@H]2OC(C)(C)O[C@H]2[C@H](O[Si](C)(C)C(C)(C)C)[C@@H](C=O)NC(=O)OCc2ccccc2)cc1. The lowest BCUT2D eigenvalue weighted by atomic mass is 9.95. The van der Waals surface area contributed by atoms with Crippen molar-refractivity contribution in [1.82, 2.24) is 5.32 Å². The van der Waals surface area contributed by atoms with Crippen LogP contribution in [0.5, 0.6) is 5.75 Å². The Morgan fingerprint density at radius 3 is 2.23 bits per heavy atom. The first-order chi connectivity index (χ1) is 18.7. The van der Waals surface area contributed by atoms with Crippen molar-refractivity contribution in [2.45, 2.75) is 89.5 Å². The van der Waals surface area contributed by atoms with E-state index < -0.39 is 44.6 Å². The first-order valence-electron chi connectivity index (χ1n) is 13.3. The van der Waals surface area contributed by atoms with Crippen LogP contribution in [0.4, 0.5) is 4.79 Å². The Bertz CT molecular complexity index is 1160. The van der Waals surface area contributed by atoms with Crippen LogP contribution in [0, 0.1) is 0 Å². The molecule has 1 fully saturated rings. The summed E-state index contributed by atoms with van der Waals surface area (Å²) in [6.45, 7) is 13.6. The molecule has 0 unspecified atom stereocenters. The van der Waals surface area contributed by atoms with Gasteiger partial charge in [-0.2, -0.15) is 0 Å². The van der Waals surface area contributed by atoms with Gasteiger partial charge in [0, 0.05) is 5.56 Å². The Morgan fingerprint density at radius 1 is 1.05 bits per heavy atom. The average Bonchev–Trinajstić information content (AvgIpc) is 3.24. The van der Waals surface area contributed by atoms with Crippen LogP contribution >= 0.6 is 0 Å². The van der Waals surface area contributed by atoms with Gasteiger partial charge in [0.05, 0.1) is 7.11 Å². The van der Waals surface area contributed by atoms with E-state index in [1.54, 1.807) is 45.2 Å². The van der Waals surface area contributed by atoms with Crippen molar-refractivity contribution in [3.05, 3.63) is 65.7 Å². The summed E-state index contributed by atoms with van der Waals surface area (Å²) in [6, 6.07) is 14.7. The van der Waals surface area contributed by atoms with Crippen molar-refractivity contribution in [3.63, 3.8) is 0 Å². The summed E-state index contributed by atoms with van der Waals surface area (Å²) in [5.41, 5.74) is 1.19. The first-order valence-corrected chi connectivity index (χ1v) is 16.2. The van der Waals surface area contributed by atoms with Crippen molar-refractivity contribution in [2.24, 2.45) is 0 Å². The number of ether oxygens (including phenoxy) is 4. The molecule has 0 bridgehead atoms. The smallest absolute Gasteiger partial charge is 0.408 e. The second-order valence-electron chi connectivity index (χ2n) is 11.8. The van der Waals surface area contributed by atoms with E-state index in [1.165, 1.54) is 0 Å². The van der Waals surface area contributed by atoms with Crippen molar-refractivity contribution in [1.29, 1.82) is 0 Å². The highest BCUT2D eigenvalue weighted by molar-refractivity contribution is 6.74. The Labute approximate surface area is 237 Å². The van der Waals surface area contributed by atoms with Gasteiger partial charge < -0.3 is 33.5 Å². The third kappa shape index (κ3) is 7.78. The maximum absolute atomic E-state index is 13.7. The van der Waals surface area contributed by atoms with Gasteiger partial charge in [0.25, 0.3) is 0 Å². The lowest BCUT2D eigenvalue weighted by Crippen LogP contribution is -2.59. The van der Waals surface area contributed by atoms with E-state index >= 15 is 0 Å². The van der Waals surface area contributed by atoms with E-state index in [-0.39, 0.29) is 17.4 Å². The first kappa shape index (κ1) is 31.5. The monoisotopic (exact) mass is 571 g/mol. The van der Waals surface area contributed by atoms with Crippen LogP contribution < -0.4 is 10.1 Å². The van der Waals surface area contributed by atoms with Gasteiger partial charge in [-0.1, -0.05) is 51.1 Å². The number of nitrogens with one attached hydrogen (secondary N) is 1. The van der Waals surface area contributed by atoms with Gasteiger partial charge in [-0.3, -0.25) is 4.79 Å². The Morgan fingerprint density at radius 2 is 1.68 bits per heavy atom. The number of carbonyl (C=O) groups is 3. The molecule has 10 heteroatoms. The maximum Gasteiger partial charge on any atom is 0.408 e. The molecule has 0 aliphatic carbocycles. The fraction of sp³-hybridized carbons (Fsp3) is 0.500. The second-order valence-corrected chi connectivity index (χ2v) is 16.6. The molecule has 2 aromatic carbocycles. The van der Waals surface area contributed by atoms with E-state index in [1.807, 2.05) is 43.4 Å². The molecule has 1 heterocycles. The molecular weight excluding hydrogens is 530 g/mol. The normalized spacial score (nSPS) is 20.3. The molecule has 218 valence electrons. The van der Waals surface area contributed by atoms with Gasteiger partial charge >= 0.3 is 6.09 Å². The van der Waals surface area contributed by atoms with E-state index in [2.05, 4.69) is 26.1 Å². The van der Waals surface area contributed by atoms with Gasteiger partial charge in [-0.15, -0.1) is 0 Å². The van der Waals surface area contributed by atoms with Crippen LogP contribution in [0.25, 0.3) is 0 Å². The summed E-state index contributed by atoms with van der Waals surface area (Å²) in [6.07, 6.45) is -3.32. The molecule has 0 aromatic heterocycles. The largest absolute Gasteiger partial charge is 0.497 e. The Balaban J connectivity index is 1.93. The summed E-state index contributed by atoms with van der Waals surface area (Å²) in [5, 5.41) is 2.40. The zero-order chi connectivity index (χ0) is 29.7. The molecule has 1 amide bonds. The summed E-state index contributed by atoms with van der Waals surface area (Å²) in [5.74, 6) is -0.873. The summed E-state index contributed by atoms with van der Waals surface area (Å²) in [7, 11) is -1.01. The standard InChI is InChI=1S/C30H41NO8Si/c1-29(2,3)40(7,8)39-25(23(18-32)31-28(34)36-19-20-12-10-9-11-13-20)27-26(37-30(4,5)38-27)24(33)21-14-16-22(35-6)17-15-21/h9-18,23,25-27H,19H2,1-8H3,(H,31,34)/t23-,25-,26-,27+/m1/s1. The second kappa shape index (κ2) is 12.6. The van der Waals surface area contributed by atoms with Gasteiger partial charge in [0.1, 0.15) is 36.9 Å². The predicted molar refractivity (Wildman–Crippen MR) is 153 cm³/mol. The van der Waals surface area contributed by atoms with Crippen LogP contribution in [-0.2, 0) is 30.0 Å². The molecule has 9 nitrogen and oxygen atoms in total. The van der Waals surface area contributed by atoms with Crippen LogP contribution in [-0.4, -0.2) is 63.7 Å². The number of ketones is 1. The number of benzene rings is 2. The van der Waals surface area contributed by atoms with Gasteiger partial charge in [0.15, 0.2) is 26.0 Å². The topological polar surface area (TPSA) is 109 Å². The quantitative estimate of drug-likeness (QED) is 0.220.